The van der Waals surface area contributed by atoms with Gasteiger partial charge in [0.2, 0.25) is 5.82 Å². The molecule has 0 bridgehead atoms. The van der Waals surface area contributed by atoms with Crippen LogP contribution in [0.3, 0.4) is 0 Å². The zero-order valence-electron chi connectivity index (χ0n) is 15.0. The van der Waals surface area contributed by atoms with Crippen molar-refractivity contribution in [2.45, 2.75) is 39.5 Å². The number of aryl methyl sites for hydroxylation is 3. The quantitative estimate of drug-likeness (QED) is 0.671. The van der Waals surface area contributed by atoms with Gasteiger partial charge >= 0.3 is 5.97 Å². The Kier molecular flexibility index (Phi) is 4.59. The SMILES string of the molecule is CCOC(=O)c1nc(Nc2ccccc2C)c2c3c(sc2n1)CCCC3. The van der Waals surface area contributed by atoms with E-state index < -0.39 is 5.97 Å². The number of aromatic nitrogens is 2. The molecule has 1 N–H and O–H groups in total. The lowest BCUT2D eigenvalue weighted by atomic mass is 9.97. The van der Waals surface area contributed by atoms with Gasteiger partial charge in [-0.15, -0.1) is 11.3 Å². The van der Waals surface area contributed by atoms with E-state index in [1.807, 2.05) is 18.2 Å². The Bertz CT molecular complexity index is 981. The summed E-state index contributed by atoms with van der Waals surface area (Å²) in [5, 5.41) is 4.49. The van der Waals surface area contributed by atoms with Crippen molar-refractivity contribution in [3.8, 4) is 0 Å². The van der Waals surface area contributed by atoms with Crippen LogP contribution in [0, 0.1) is 6.92 Å². The summed E-state index contributed by atoms with van der Waals surface area (Å²) in [4.78, 5) is 23.5. The number of carbonyl (C=O) groups excluding carboxylic acids is 1. The van der Waals surface area contributed by atoms with E-state index in [9.17, 15) is 4.79 Å². The highest BCUT2D eigenvalue weighted by molar-refractivity contribution is 7.19. The van der Waals surface area contributed by atoms with Gasteiger partial charge in [0.15, 0.2) is 0 Å². The summed E-state index contributed by atoms with van der Waals surface area (Å²) >= 11 is 1.68. The average Bonchev–Trinajstić information content (AvgIpc) is 3.02. The van der Waals surface area contributed by atoms with E-state index >= 15 is 0 Å². The molecule has 3 aromatic rings. The predicted octanol–water partition coefficient (Wildman–Crippen LogP) is 4.80. The van der Waals surface area contributed by atoms with Crippen LogP contribution in [-0.4, -0.2) is 22.5 Å². The van der Waals surface area contributed by atoms with Gasteiger partial charge in [-0.3, -0.25) is 0 Å². The maximum Gasteiger partial charge on any atom is 0.376 e. The van der Waals surface area contributed by atoms with Crippen LogP contribution in [-0.2, 0) is 17.6 Å². The number of hydrogen-bond acceptors (Lipinski definition) is 6. The molecule has 4 rings (SSSR count). The van der Waals surface area contributed by atoms with Crippen molar-refractivity contribution in [3.63, 3.8) is 0 Å². The molecule has 0 aliphatic heterocycles. The molecule has 0 saturated heterocycles. The molecule has 26 heavy (non-hydrogen) atoms. The molecule has 2 heterocycles. The lowest BCUT2D eigenvalue weighted by molar-refractivity contribution is 0.0512. The molecule has 5 nitrogen and oxygen atoms in total. The monoisotopic (exact) mass is 367 g/mol. The van der Waals surface area contributed by atoms with Gasteiger partial charge in [-0.2, -0.15) is 0 Å². The molecule has 0 atom stereocenters. The van der Waals surface area contributed by atoms with Gasteiger partial charge in [0.25, 0.3) is 0 Å². The Balaban J connectivity index is 1.88. The number of esters is 1. The number of fused-ring (bicyclic) bond motifs is 3. The Morgan fingerprint density at radius 3 is 2.85 bits per heavy atom. The molecule has 0 unspecified atom stereocenters. The van der Waals surface area contributed by atoms with Crippen LogP contribution in [0.2, 0.25) is 0 Å². The fourth-order valence-electron chi connectivity index (χ4n) is 3.38. The van der Waals surface area contributed by atoms with E-state index in [0.29, 0.717) is 12.4 Å². The number of benzene rings is 1. The lowest BCUT2D eigenvalue weighted by Gasteiger charge is -2.14. The van der Waals surface area contributed by atoms with E-state index in [1.54, 1.807) is 18.3 Å². The van der Waals surface area contributed by atoms with Gasteiger partial charge in [0.1, 0.15) is 10.6 Å². The predicted molar refractivity (Wildman–Crippen MR) is 104 cm³/mol. The second-order valence-electron chi connectivity index (χ2n) is 6.45. The summed E-state index contributed by atoms with van der Waals surface area (Å²) in [6.45, 7) is 4.14. The van der Waals surface area contributed by atoms with Crippen molar-refractivity contribution in [2.75, 3.05) is 11.9 Å². The highest BCUT2D eigenvalue weighted by Gasteiger charge is 2.23. The third kappa shape index (κ3) is 3.05. The van der Waals surface area contributed by atoms with Gasteiger partial charge < -0.3 is 10.1 Å². The van der Waals surface area contributed by atoms with Crippen LogP contribution >= 0.6 is 11.3 Å². The lowest BCUT2D eigenvalue weighted by Crippen LogP contribution is -2.11. The molecule has 1 aliphatic carbocycles. The Morgan fingerprint density at radius 1 is 1.23 bits per heavy atom. The molecular formula is C20H21N3O2S. The number of nitrogens with one attached hydrogen (secondary N) is 1. The first-order valence-corrected chi connectivity index (χ1v) is 9.81. The van der Waals surface area contributed by atoms with Crippen molar-refractivity contribution >= 4 is 39.0 Å². The molecule has 1 aliphatic rings. The maximum atomic E-state index is 12.2. The minimum Gasteiger partial charge on any atom is -0.460 e. The van der Waals surface area contributed by atoms with Gasteiger partial charge in [0.05, 0.1) is 12.0 Å². The third-order valence-electron chi connectivity index (χ3n) is 4.67. The highest BCUT2D eigenvalue weighted by Crippen LogP contribution is 2.39. The van der Waals surface area contributed by atoms with Crippen molar-refractivity contribution in [1.82, 2.24) is 9.97 Å². The first kappa shape index (κ1) is 17.0. The van der Waals surface area contributed by atoms with Crippen LogP contribution in [0.4, 0.5) is 11.5 Å². The molecule has 2 aromatic heterocycles. The molecule has 0 radical (unpaired) electrons. The zero-order chi connectivity index (χ0) is 18.1. The fraction of sp³-hybridized carbons (Fsp3) is 0.350. The number of ether oxygens (including phenoxy) is 1. The third-order valence-corrected chi connectivity index (χ3v) is 5.86. The van der Waals surface area contributed by atoms with E-state index in [0.717, 1.165) is 34.3 Å². The van der Waals surface area contributed by atoms with Crippen LogP contribution in [0.1, 0.15) is 46.4 Å². The van der Waals surface area contributed by atoms with Gasteiger partial charge in [-0.25, -0.2) is 14.8 Å². The van der Waals surface area contributed by atoms with Gasteiger partial charge in [-0.05, 0) is 56.7 Å². The van der Waals surface area contributed by atoms with Crippen molar-refractivity contribution < 1.29 is 9.53 Å². The van der Waals surface area contributed by atoms with E-state index in [4.69, 9.17) is 4.74 Å². The summed E-state index contributed by atoms with van der Waals surface area (Å²) in [7, 11) is 0. The minimum absolute atomic E-state index is 0.119. The van der Waals surface area contributed by atoms with Gasteiger partial charge in [-0.1, -0.05) is 18.2 Å². The van der Waals surface area contributed by atoms with Crippen molar-refractivity contribution in [3.05, 3.63) is 46.1 Å². The average molecular weight is 367 g/mol. The zero-order valence-corrected chi connectivity index (χ0v) is 15.8. The van der Waals surface area contributed by atoms with E-state index in [2.05, 4.69) is 28.3 Å². The molecule has 0 saturated carbocycles. The number of thiophene rings is 1. The summed E-state index contributed by atoms with van der Waals surface area (Å²) in [6, 6.07) is 8.07. The molecule has 0 fully saturated rings. The topological polar surface area (TPSA) is 64.1 Å². The number of anilines is 2. The Morgan fingerprint density at radius 2 is 2.04 bits per heavy atom. The Labute approximate surface area is 156 Å². The highest BCUT2D eigenvalue weighted by atomic mass is 32.1. The molecule has 0 amide bonds. The summed E-state index contributed by atoms with van der Waals surface area (Å²) in [5.74, 6) is 0.342. The Hall–Kier alpha value is -2.47. The standard InChI is InChI=1S/C20H21N3O2S/c1-3-25-20(24)18-22-17(21-14-10-6-4-8-12(14)2)16-13-9-5-7-11-15(13)26-19(16)23-18/h4,6,8,10H,3,5,7,9,11H2,1-2H3,(H,21,22,23). The van der Waals surface area contributed by atoms with Crippen LogP contribution in [0.5, 0.6) is 0 Å². The fourth-order valence-corrected chi connectivity index (χ4v) is 4.64. The van der Waals surface area contributed by atoms with Crippen molar-refractivity contribution in [2.24, 2.45) is 0 Å². The van der Waals surface area contributed by atoms with E-state index in [-0.39, 0.29) is 5.82 Å². The second-order valence-corrected chi connectivity index (χ2v) is 7.53. The number of carbonyl (C=O) groups is 1. The smallest absolute Gasteiger partial charge is 0.376 e. The van der Waals surface area contributed by atoms with Gasteiger partial charge in [0, 0.05) is 10.6 Å². The van der Waals surface area contributed by atoms with Crippen LogP contribution in [0.15, 0.2) is 24.3 Å². The molecule has 134 valence electrons. The largest absolute Gasteiger partial charge is 0.460 e. The summed E-state index contributed by atoms with van der Waals surface area (Å²) in [6.07, 6.45) is 4.51. The normalized spacial score (nSPS) is 13.5. The summed E-state index contributed by atoms with van der Waals surface area (Å²) < 4.78 is 5.12. The summed E-state index contributed by atoms with van der Waals surface area (Å²) in [5.41, 5.74) is 3.45. The van der Waals surface area contributed by atoms with Crippen LogP contribution < -0.4 is 5.32 Å². The number of hydrogen-bond donors (Lipinski definition) is 1. The number of nitrogens with zero attached hydrogens (tertiary/aromatic N) is 2. The number of para-hydroxylation sites is 1. The second kappa shape index (κ2) is 7.03. The first-order valence-electron chi connectivity index (χ1n) is 8.99. The molecule has 6 heteroatoms. The van der Waals surface area contributed by atoms with Crippen molar-refractivity contribution in [1.29, 1.82) is 0 Å². The van der Waals surface area contributed by atoms with E-state index in [1.165, 1.54) is 23.3 Å². The molecular weight excluding hydrogens is 346 g/mol. The first-order chi connectivity index (χ1) is 12.7. The molecule has 1 aromatic carbocycles. The minimum atomic E-state index is -0.478. The van der Waals surface area contributed by atoms with Crippen LogP contribution in [0.25, 0.3) is 10.2 Å². The maximum absolute atomic E-state index is 12.2. The number of rotatable bonds is 4. The molecule has 0 spiro atoms.